The monoisotopic (exact) mass is 427 g/mol. The number of carbonyl (C=O) groups excluding carboxylic acids is 2. The van der Waals surface area contributed by atoms with Gasteiger partial charge in [0.15, 0.2) is 0 Å². The third-order valence-corrected chi connectivity index (χ3v) is 5.84. The molecule has 164 valence electrons. The lowest BCUT2D eigenvalue weighted by molar-refractivity contribution is 0.0706. The Bertz CT molecular complexity index is 1090. The van der Waals surface area contributed by atoms with E-state index >= 15 is 0 Å². The Hall–Kier alpha value is -3.47. The van der Waals surface area contributed by atoms with Crippen LogP contribution in [-0.4, -0.2) is 40.8 Å². The van der Waals surface area contributed by atoms with Crippen molar-refractivity contribution in [3.8, 4) is 11.1 Å². The van der Waals surface area contributed by atoms with Crippen LogP contribution in [-0.2, 0) is 0 Å². The predicted molar refractivity (Wildman–Crippen MR) is 127 cm³/mol. The summed E-state index contributed by atoms with van der Waals surface area (Å²) in [4.78, 5) is 32.8. The first kappa shape index (κ1) is 21.8. The highest BCUT2D eigenvalue weighted by atomic mass is 16.2. The smallest absolute Gasteiger partial charge is 0.254 e. The van der Waals surface area contributed by atoms with E-state index < -0.39 is 0 Å². The molecule has 1 aliphatic heterocycles. The number of nitrogens with one attached hydrogen (secondary N) is 1. The zero-order valence-electron chi connectivity index (χ0n) is 18.6. The summed E-state index contributed by atoms with van der Waals surface area (Å²) in [6.45, 7) is 5.15. The third kappa shape index (κ3) is 4.72. The van der Waals surface area contributed by atoms with Gasteiger partial charge in [-0.1, -0.05) is 48.5 Å². The summed E-state index contributed by atoms with van der Waals surface area (Å²) in [6.07, 6.45) is 3.52. The number of hydrogen-bond donors (Lipinski definition) is 1. The number of nitrogens with zero attached hydrogens (tertiary/aromatic N) is 2. The first-order chi connectivity index (χ1) is 15.5. The molecule has 0 saturated carbocycles. The topological polar surface area (TPSA) is 62.3 Å². The highest BCUT2D eigenvalue weighted by Crippen LogP contribution is 2.31. The van der Waals surface area contributed by atoms with Crippen molar-refractivity contribution in [1.29, 1.82) is 0 Å². The molecule has 1 fully saturated rings. The maximum absolute atomic E-state index is 13.6. The molecule has 1 aliphatic rings. The normalized spacial score (nSPS) is 16.1. The largest absolute Gasteiger partial charge is 0.350 e. The number of hydrogen-bond acceptors (Lipinski definition) is 3. The number of piperidine rings is 1. The molecule has 2 heterocycles. The molecular weight excluding hydrogens is 398 g/mol. The van der Waals surface area contributed by atoms with Crippen molar-refractivity contribution in [2.75, 3.05) is 13.1 Å². The molecule has 1 atom stereocenters. The zero-order chi connectivity index (χ0) is 22.5. The van der Waals surface area contributed by atoms with Crippen molar-refractivity contribution in [2.24, 2.45) is 0 Å². The summed E-state index contributed by atoms with van der Waals surface area (Å²) in [5, 5.41) is 2.96. The summed E-state index contributed by atoms with van der Waals surface area (Å²) >= 11 is 0. The van der Waals surface area contributed by atoms with Crippen molar-refractivity contribution in [1.82, 2.24) is 15.2 Å². The Labute approximate surface area is 189 Å². The van der Waals surface area contributed by atoms with Gasteiger partial charge in [-0.05, 0) is 56.0 Å². The van der Waals surface area contributed by atoms with E-state index in [4.69, 9.17) is 0 Å². The molecule has 2 amide bonds. The molecule has 4 rings (SSSR count). The average Bonchev–Trinajstić information content (AvgIpc) is 2.84. The third-order valence-electron chi connectivity index (χ3n) is 5.84. The summed E-state index contributed by atoms with van der Waals surface area (Å²) in [6, 6.07) is 21.4. The first-order valence-corrected chi connectivity index (χ1v) is 11.2. The number of benzene rings is 2. The van der Waals surface area contributed by atoms with E-state index in [0.29, 0.717) is 24.2 Å². The van der Waals surface area contributed by atoms with E-state index in [2.05, 4.69) is 10.3 Å². The summed E-state index contributed by atoms with van der Waals surface area (Å²) in [5.41, 5.74) is 4.06. The minimum absolute atomic E-state index is 0.0262. The Morgan fingerprint density at radius 3 is 2.47 bits per heavy atom. The van der Waals surface area contributed by atoms with Gasteiger partial charge in [-0.25, -0.2) is 0 Å². The van der Waals surface area contributed by atoms with Gasteiger partial charge in [0.2, 0.25) is 0 Å². The maximum Gasteiger partial charge on any atom is 0.254 e. The molecule has 0 aliphatic carbocycles. The molecule has 0 radical (unpaired) electrons. The highest BCUT2D eigenvalue weighted by molar-refractivity contribution is 6.01. The standard InChI is InChI=1S/C27H29N3O2/c1-19(2)29-26(31)24-15-8-16-28-25(24)21-12-9-17-30(18-21)27(32)23-14-7-6-13-22(23)20-10-4-3-5-11-20/h3-8,10-11,13-16,19,21H,9,12,17-18H2,1-2H3,(H,29,31). The molecule has 1 aromatic heterocycles. The molecule has 5 nitrogen and oxygen atoms in total. The molecule has 1 unspecified atom stereocenters. The van der Waals surface area contributed by atoms with E-state index in [1.54, 1.807) is 12.3 Å². The van der Waals surface area contributed by atoms with Gasteiger partial charge in [0, 0.05) is 36.8 Å². The Morgan fingerprint density at radius 2 is 1.69 bits per heavy atom. The van der Waals surface area contributed by atoms with Gasteiger partial charge in [-0.2, -0.15) is 0 Å². The van der Waals surface area contributed by atoms with Gasteiger partial charge in [0.25, 0.3) is 11.8 Å². The van der Waals surface area contributed by atoms with Crippen LogP contribution in [0.2, 0.25) is 0 Å². The number of carbonyl (C=O) groups is 2. The van der Waals surface area contributed by atoms with E-state index in [-0.39, 0.29) is 23.8 Å². The van der Waals surface area contributed by atoms with E-state index in [0.717, 1.165) is 29.7 Å². The van der Waals surface area contributed by atoms with Crippen LogP contribution in [0.4, 0.5) is 0 Å². The minimum atomic E-state index is -0.110. The highest BCUT2D eigenvalue weighted by Gasteiger charge is 2.30. The number of amides is 2. The number of pyridine rings is 1. The van der Waals surface area contributed by atoms with E-state index in [1.807, 2.05) is 79.4 Å². The molecule has 5 heteroatoms. The lowest BCUT2D eigenvalue weighted by Gasteiger charge is -2.33. The number of likely N-dealkylation sites (tertiary alicyclic amines) is 1. The Kier molecular flexibility index (Phi) is 6.64. The SMILES string of the molecule is CC(C)NC(=O)c1cccnc1C1CCCN(C(=O)c2ccccc2-c2ccccc2)C1. The van der Waals surface area contributed by atoms with Crippen LogP contribution in [0.3, 0.4) is 0 Å². The van der Waals surface area contributed by atoms with Crippen molar-refractivity contribution in [3.05, 3.63) is 89.7 Å². The van der Waals surface area contributed by atoms with Crippen LogP contribution >= 0.6 is 0 Å². The lowest BCUT2D eigenvalue weighted by atomic mass is 9.90. The summed E-state index contributed by atoms with van der Waals surface area (Å²) in [7, 11) is 0. The molecule has 1 N–H and O–H groups in total. The van der Waals surface area contributed by atoms with Crippen LogP contribution in [0.5, 0.6) is 0 Å². The van der Waals surface area contributed by atoms with Gasteiger partial charge in [-0.3, -0.25) is 14.6 Å². The van der Waals surface area contributed by atoms with E-state index in [9.17, 15) is 9.59 Å². The lowest BCUT2D eigenvalue weighted by Crippen LogP contribution is -2.40. The van der Waals surface area contributed by atoms with Crippen molar-refractivity contribution < 1.29 is 9.59 Å². The van der Waals surface area contributed by atoms with Gasteiger partial charge in [0.1, 0.15) is 0 Å². The molecule has 32 heavy (non-hydrogen) atoms. The Balaban J connectivity index is 1.59. The van der Waals surface area contributed by atoms with E-state index in [1.165, 1.54) is 0 Å². The fourth-order valence-corrected chi connectivity index (χ4v) is 4.37. The minimum Gasteiger partial charge on any atom is -0.350 e. The van der Waals surface area contributed by atoms with Crippen LogP contribution in [0.15, 0.2) is 72.9 Å². The first-order valence-electron chi connectivity index (χ1n) is 11.2. The van der Waals surface area contributed by atoms with Crippen LogP contribution < -0.4 is 5.32 Å². The fourth-order valence-electron chi connectivity index (χ4n) is 4.37. The maximum atomic E-state index is 13.6. The fraction of sp³-hybridized carbons (Fsp3) is 0.296. The van der Waals surface area contributed by atoms with Crippen molar-refractivity contribution >= 4 is 11.8 Å². The second-order valence-electron chi connectivity index (χ2n) is 8.57. The average molecular weight is 428 g/mol. The van der Waals surface area contributed by atoms with Gasteiger partial charge in [0.05, 0.1) is 11.3 Å². The van der Waals surface area contributed by atoms with Crippen molar-refractivity contribution in [2.45, 2.75) is 38.6 Å². The predicted octanol–water partition coefficient (Wildman–Crippen LogP) is 4.91. The molecular formula is C27H29N3O2. The van der Waals surface area contributed by atoms with Gasteiger partial charge < -0.3 is 10.2 Å². The molecule has 0 spiro atoms. The zero-order valence-corrected chi connectivity index (χ0v) is 18.6. The van der Waals surface area contributed by atoms with Gasteiger partial charge in [-0.15, -0.1) is 0 Å². The van der Waals surface area contributed by atoms with Crippen LogP contribution in [0.25, 0.3) is 11.1 Å². The number of rotatable bonds is 5. The second kappa shape index (κ2) is 9.77. The van der Waals surface area contributed by atoms with Crippen molar-refractivity contribution in [3.63, 3.8) is 0 Å². The molecule has 0 bridgehead atoms. The summed E-state index contributed by atoms with van der Waals surface area (Å²) < 4.78 is 0. The second-order valence-corrected chi connectivity index (χ2v) is 8.57. The van der Waals surface area contributed by atoms with Gasteiger partial charge >= 0.3 is 0 Å². The quantitative estimate of drug-likeness (QED) is 0.630. The molecule has 2 aromatic carbocycles. The molecule has 3 aromatic rings. The molecule has 1 saturated heterocycles. The summed E-state index contributed by atoms with van der Waals surface area (Å²) in [5.74, 6) is -0.0510. The Morgan fingerprint density at radius 1 is 0.969 bits per heavy atom. The number of aromatic nitrogens is 1. The van der Waals surface area contributed by atoms with Crippen LogP contribution in [0, 0.1) is 0 Å². The van der Waals surface area contributed by atoms with Crippen LogP contribution in [0.1, 0.15) is 59.0 Å².